The highest BCUT2D eigenvalue weighted by Gasteiger charge is 2.25. The number of rotatable bonds is 6. The molecule has 1 unspecified atom stereocenters. The predicted octanol–water partition coefficient (Wildman–Crippen LogP) is 4.49. The van der Waals surface area contributed by atoms with Gasteiger partial charge in [-0.1, -0.05) is 72.4 Å². The summed E-state index contributed by atoms with van der Waals surface area (Å²) in [5, 5.41) is 9.53. The van der Waals surface area contributed by atoms with Crippen molar-refractivity contribution in [2.75, 3.05) is 13.1 Å². The van der Waals surface area contributed by atoms with Gasteiger partial charge >= 0.3 is 0 Å². The lowest BCUT2D eigenvalue weighted by Gasteiger charge is -2.28. The number of aromatic nitrogens is 3. The largest absolute Gasteiger partial charge is 0.342 e. The van der Waals surface area contributed by atoms with Crippen molar-refractivity contribution in [1.82, 2.24) is 19.7 Å². The summed E-state index contributed by atoms with van der Waals surface area (Å²) in [6, 6.07) is 20.4. The fourth-order valence-corrected chi connectivity index (χ4v) is 4.60. The van der Waals surface area contributed by atoms with E-state index in [4.69, 9.17) is 0 Å². The quantitative estimate of drug-likeness (QED) is 0.566. The van der Waals surface area contributed by atoms with Crippen molar-refractivity contribution in [1.29, 1.82) is 0 Å². The monoisotopic (exact) mass is 406 g/mol. The van der Waals surface area contributed by atoms with Crippen LogP contribution in [0.15, 0.2) is 65.8 Å². The average Bonchev–Trinajstić information content (AvgIpc) is 3.17. The van der Waals surface area contributed by atoms with Crippen LogP contribution in [0.4, 0.5) is 0 Å². The lowest BCUT2D eigenvalue weighted by molar-refractivity contribution is -0.131. The number of hydrogen-bond acceptors (Lipinski definition) is 4. The van der Waals surface area contributed by atoms with Crippen LogP contribution in [0.5, 0.6) is 0 Å². The topological polar surface area (TPSA) is 51.0 Å². The van der Waals surface area contributed by atoms with Gasteiger partial charge in [-0.05, 0) is 31.7 Å². The lowest BCUT2D eigenvalue weighted by Crippen LogP contribution is -2.40. The van der Waals surface area contributed by atoms with Crippen LogP contribution in [0.1, 0.15) is 31.7 Å². The van der Waals surface area contributed by atoms with Gasteiger partial charge in [0.15, 0.2) is 11.0 Å². The maximum atomic E-state index is 12.9. The van der Waals surface area contributed by atoms with Gasteiger partial charge < -0.3 is 4.90 Å². The zero-order valence-electron chi connectivity index (χ0n) is 16.7. The van der Waals surface area contributed by atoms with E-state index in [9.17, 15) is 4.79 Å². The van der Waals surface area contributed by atoms with E-state index in [1.165, 1.54) is 23.7 Å². The molecule has 4 rings (SSSR count). The second kappa shape index (κ2) is 9.27. The molecule has 1 aliphatic heterocycles. The molecule has 0 saturated carbocycles. The molecule has 5 nitrogen and oxygen atoms in total. The number of nitrogens with zero attached hydrogens (tertiary/aromatic N) is 4. The summed E-state index contributed by atoms with van der Waals surface area (Å²) in [5.74, 6) is 1.03. The molecule has 1 fully saturated rings. The van der Waals surface area contributed by atoms with Crippen molar-refractivity contribution in [3.05, 3.63) is 66.2 Å². The molecular formula is C23H26N4OS. The molecule has 0 bridgehead atoms. The van der Waals surface area contributed by atoms with Crippen molar-refractivity contribution in [3.8, 4) is 11.4 Å². The lowest BCUT2D eigenvalue weighted by atomic mass is 10.1. The van der Waals surface area contributed by atoms with Crippen molar-refractivity contribution < 1.29 is 4.79 Å². The first-order chi connectivity index (χ1) is 14.2. The van der Waals surface area contributed by atoms with Crippen LogP contribution in [-0.4, -0.2) is 43.9 Å². The van der Waals surface area contributed by atoms with Crippen LogP contribution >= 0.6 is 11.8 Å². The van der Waals surface area contributed by atoms with Gasteiger partial charge in [0.25, 0.3) is 0 Å². The number of likely N-dealkylation sites (tertiary alicyclic amines) is 1. The molecule has 150 valence electrons. The number of piperidine rings is 1. The molecule has 0 radical (unpaired) electrons. The molecule has 1 saturated heterocycles. The van der Waals surface area contributed by atoms with Crippen molar-refractivity contribution in [2.24, 2.45) is 0 Å². The Labute approximate surface area is 176 Å². The number of hydrogen-bond donors (Lipinski definition) is 0. The van der Waals surface area contributed by atoms with E-state index < -0.39 is 0 Å². The van der Waals surface area contributed by atoms with Crippen LogP contribution < -0.4 is 0 Å². The highest BCUT2D eigenvalue weighted by Crippen LogP contribution is 2.29. The summed E-state index contributed by atoms with van der Waals surface area (Å²) in [6.45, 7) is 4.39. The van der Waals surface area contributed by atoms with E-state index in [0.717, 1.165) is 42.5 Å². The Morgan fingerprint density at radius 1 is 0.966 bits per heavy atom. The molecular weight excluding hydrogens is 380 g/mol. The first-order valence-electron chi connectivity index (χ1n) is 10.2. The molecule has 0 N–H and O–H groups in total. The minimum atomic E-state index is -0.185. The third-order valence-corrected chi connectivity index (χ3v) is 6.30. The highest BCUT2D eigenvalue weighted by molar-refractivity contribution is 8.00. The van der Waals surface area contributed by atoms with Crippen LogP contribution in [-0.2, 0) is 11.3 Å². The molecule has 0 aliphatic carbocycles. The predicted molar refractivity (Wildman–Crippen MR) is 117 cm³/mol. The van der Waals surface area contributed by atoms with E-state index in [0.29, 0.717) is 6.54 Å². The van der Waals surface area contributed by atoms with Crippen molar-refractivity contribution in [2.45, 2.75) is 43.1 Å². The first kappa shape index (κ1) is 19.7. The van der Waals surface area contributed by atoms with Gasteiger partial charge in [0.1, 0.15) is 0 Å². The molecule has 1 aliphatic rings. The van der Waals surface area contributed by atoms with Crippen LogP contribution in [0.25, 0.3) is 11.4 Å². The Morgan fingerprint density at radius 2 is 1.62 bits per heavy atom. The van der Waals surface area contributed by atoms with Crippen LogP contribution in [0, 0.1) is 0 Å². The first-order valence-corrected chi connectivity index (χ1v) is 11.1. The van der Waals surface area contributed by atoms with Crippen molar-refractivity contribution >= 4 is 17.7 Å². The van der Waals surface area contributed by atoms with Gasteiger partial charge in [0, 0.05) is 18.7 Å². The third-order valence-electron chi connectivity index (χ3n) is 5.23. The minimum absolute atomic E-state index is 0.185. The molecule has 3 aromatic rings. The Morgan fingerprint density at radius 3 is 2.31 bits per heavy atom. The Balaban J connectivity index is 1.60. The molecule has 1 atom stereocenters. The van der Waals surface area contributed by atoms with Gasteiger partial charge in [-0.25, -0.2) is 0 Å². The second-order valence-electron chi connectivity index (χ2n) is 7.39. The van der Waals surface area contributed by atoms with Crippen LogP contribution in [0.2, 0.25) is 0 Å². The minimum Gasteiger partial charge on any atom is -0.342 e. The highest BCUT2D eigenvalue weighted by atomic mass is 32.2. The van der Waals surface area contributed by atoms with Gasteiger partial charge in [0.05, 0.1) is 11.8 Å². The van der Waals surface area contributed by atoms with Gasteiger partial charge in [-0.15, -0.1) is 10.2 Å². The zero-order valence-corrected chi connectivity index (χ0v) is 17.5. The fourth-order valence-electron chi connectivity index (χ4n) is 3.67. The smallest absolute Gasteiger partial charge is 0.235 e. The number of thioether (sulfide) groups is 1. The number of carbonyl (C=O) groups excluding carboxylic acids is 1. The summed E-state index contributed by atoms with van der Waals surface area (Å²) in [7, 11) is 0. The van der Waals surface area contributed by atoms with Crippen molar-refractivity contribution in [3.63, 3.8) is 0 Å². The zero-order chi connectivity index (χ0) is 20.1. The molecule has 2 heterocycles. The molecule has 1 aromatic heterocycles. The van der Waals surface area contributed by atoms with E-state index in [-0.39, 0.29) is 11.2 Å². The SMILES string of the molecule is CC(Sc1nnc(-c2ccccc2)n1Cc1ccccc1)C(=O)N1CCCCC1. The summed E-state index contributed by atoms with van der Waals surface area (Å²) >= 11 is 1.50. The molecule has 1 amide bonds. The number of benzene rings is 2. The van der Waals surface area contributed by atoms with E-state index in [1.807, 2.05) is 60.4 Å². The Kier molecular flexibility index (Phi) is 6.30. The summed E-state index contributed by atoms with van der Waals surface area (Å²) in [4.78, 5) is 14.9. The molecule has 2 aromatic carbocycles. The number of carbonyl (C=O) groups is 1. The molecule has 29 heavy (non-hydrogen) atoms. The van der Waals surface area contributed by atoms with E-state index in [1.54, 1.807) is 0 Å². The van der Waals surface area contributed by atoms with Gasteiger partial charge in [0.2, 0.25) is 5.91 Å². The standard InChI is InChI=1S/C23H26N4OS/c1-18(22(28)26-15-9-4-10-16-26)29-23-25-24-21(20-13-7-3-8-14-20)27(23)17-19-11-5-2-6-12-19/h2-3,5-8,11-14,18H,4,9-10,15-17H2,1H3. The summed E-state index contributed by atoms with van der Waals surface area (Å²) < 4.78 is 2.12. The van der Waals surface area contributed by atoms with E-state index >= 15 is 0 Å². The number of amides is 1. The van der Waals surface area contributed by atoms with Gasteiger partial charge in [-0.3, -0.25) is 9.36 Å². The summed E-state index contributed by atoms with van der Waals surface area (Å²) in [6.07, 6.45) is 3.42. The van der Waals surface area contributed by atoms with Crippen LogP contribution in [0.3, 0.4) is 0 Å². The molecule has 0 spiro atoms. The van der Waals surface area contributed by atoms with Gasteiger partial charge in [-0.2, -0.15) is 0 Å². The Hall–Kier alpha value is -2.60. The normalized spacial score (nSPS) is 15.3. The Bertz CT molecular complexity index is 936. The second-order valence-corrected chi connectivity index (χ2v) is 8.70. The summed E-state index contributed by atoms with van der Waals surface area (Å²) in [5.41, 5.74) is 2.21. The maximum Gasteiger partial charge on any atom is 0.235 e. The average molecular weight is 407 g/mol. The fraction of sp³-hybridized carbons (Fsp3) is 0.348. The third kappa shape index (κ3) is 4.70. The molecule has 6 heteroatoms. The maximum absolute atomic E-state index is 12.9. The van der Waals surface area contributed by atoms with E-state index in [2.05, 4.69) is 26.9 Å².